The number of hydrogen-bond acceptors (Lipinski definition) is 6. The molecule has 3 rings (SSSR count). The molecule has 0 aliphatic carbocycles. The van der Waals surface area contributed by atoms with Crippen molar-refractivity contribution in [2.45, 2.75) is 6.42 Å². The first-order valence-corrected chi connectivity index (χ1v) is 8.63. The highest BCUT2D eigenvalue weighted by molar-refractivity contribution is 7.13. The van der Waals surface area contributed by atoms with Crippen molar-refractivity contribution in [1.29, 1.82) is 0 Å². The first-order chi connectivity index (χ1) is 11.2. The summed E-state index contributed by atoms with van der Waals surface area (Å²) in [6, 6.07) is 5.86. The fraction of sp³-hybridized carbons (Fsp3) is 0.438. The third-order valence-electron chi connectivity index (χ3n) is 4.05. The van der Waals surface area contributed by atoms with E-state index in [-0.39, 0.29) is 5.91 Å². The zero-order valence-corrected chi connectivity index (χ0v) is 14.0. The van der Waals surface area contributed by atoms with Crippen molar-refractivity contribution in [3.05, 3.63) is 36.0 Å². The molecule has 1 N–H and O–H groups in total. The third kappa shape index (κ3) is 4.27. The van der Waals surface area contributed by atoms with Crippen molar-refractivity contribution in [1.82, 2.24) is 14.9 Å². The van der Waals surface area contributed by atoms with Crippen LogP contribution in [0.5, 0.6) is 0 Å². The predicted octanol–water partition coefficient (Wildman–Crippen LogP) is 1.93. The summed E-state index contributed by atoms with van der Waals surface area (Å²) in [6.07, 6.45) is 4.61. The van der Waals surface area contributed by atoms with E-state index in [1.54, 1.807) is 24.3 Å². The van der Waals surface area contributed by atoms with Crippen LogP contribution in [0.3, 0.4) is 0 Å². The lowest BCUT2D eigenvalue weighted by atomic mass is 10.1. The highest BCUT2D eigenvalue weighted by Crippen LogP contribution is 2.19. The molecule has 6 nitrogen and oxygen atoms in total. The van der Waals surface area contributed by atoms with Crippen molar-refractivity contribution in [2.24, 2.45) is 5.92 Å². The van der Waals surface area contributed by atoms with Crippen molar-refractivity contribution in [2.75, 3.05) is 43.4 Å². The zero-order chi connectivity index (χ0) is 16.1. The van der Waals surface area contributed by atoms with Crippen LogP contribution >= 0.6 is 11.3 Å². The summed E-state index contributed by atoms with van der Waals surface area (Å²) in [7, 11) is 1.79. The highest BCUT2D eigenvalue weighted by Gasteiger charge is 2.25. The van der Waals surface area contributed by atoms with E-state index < -0.39 is 0 Å². The maximum atomic E-state index is 12.3. The average Bonchev–Trinajstić information content (AvgIpc) is 3.25. The Hall–Kier alpha value is -1.99. The Morgan fingerprint density at radius 3 is 3.09 bits per heavy atom. The maximum Gasteiger partial charge on any atom is 0.242 e. The van der Waals surface area contributed by atoms with E-state index in [1.165, 1.54) is 11.3 Å². The van der Waals surface area contributed by atoms with E-state index >= 15 is 0 Å². The van der Waals surface area contributed by atoms with Crippen LogP contribution in [0.2, 0.25) is 0 Å². The van der Waals surface area contributed by atoms with Gasteiger partial charge in [0, 0.05) is 37.9 Å². The second-order valence-electron chi connectivity index (χ2n) is 5.75. The fourth-order valence-corrected chi connectivity index (χ4v) is 3.35. The van der Waals surface area contributed by atoms with Crippen molar-refractivity contribution in [3.8, 4) is 0 Å². The number of thiazole rings is 1. The van der Waals surface area contributed by atoms with Gasteiger partial charge in [0.05, 0.1) is 6.54 Å². The van der Waals surface area contributed by atoms with Crippen LogP contribution in [0.25, 0.3) is 0 Å². The third-order valence-corrected chi connectivity index (χ3v) is 4.89. The van der Waals surface area contributed by atoms with Gasteiger partial charge >= 0.3 is 0 Å². The molecule has 1 fully saturated rings. The van der Waals surface area contributed by atoms with Gasteiger partial charge in [-0.3, -0.25) is 14.6 Å². The van der Waals surface area contributed by atoms with Gasteiger partial charge in [0.15, 0.2) is 5.13 Å². The molecule has 1 aliphatic heterocycles. The molecule has 1 amide bonds. The minimum Gasteiger partial charge on any atom is -0.370 e. The molecule has 0 spiro atoms. The van der Waals surface area contributed by atoms with E-state index in [2.05, 4.69) is 20.2 Å². The van der Waals surface area contributed by atoms with E-state index in [0.717, 1.165) is 37.0 Å². The molecule has 2 aromatic heterocycles. The Morgan fingerprint density at radius 1 is 1.43 bits per heavy atom. The van der Waals surface area contributed by atoms with Crippen LogP contribution in [-0.4, -0.2) is 54.0 Å². The van der Waals surface area contributed by atoms with Gasteiger partial charge in [0.2, 0.25) is 5.91 Å². The molecule has 3 heterocycles. The lowest BCUT2D eigenvalue weighted by Crippen LogP contribution is -2.37. The van der Waals surface area contributed by atoms with Crippen molar-refractivity contribution >= 4 is 28.2 Å². The monoisotopic (exact) mass is 331 g/mol. The van der Waals surface area contributed by atoms with Gasteiger partial charge in [-0.1, -0.05) is 6.07 Å². The minimum atomic E-state index is 0.0956. The number of carbonyl (C=O) groups excluding carboxylic acids is 1. The van der Waals surface area contributed by atoms with E-state index in [9.17, 15) is 4.79 Å². The highest BCUT2D eigenvalue weighted by atomic mass is 32.1. The number of aromatic nitrogens is 2. The summed E-state index contributed by atoms with van der Waals surface area (Å²) in [5.74, 6) is 1.55. The van der Waals surface area contributed by atoms with Crippen molar-refractivity contribution in [3.63, 3.8) is 0 Å². The van der Waals surface area contributed by atoms with Gasteiger partial charge in [-0.05, 0) is 31.0 Å². The lowest BCUT2D eigenvalue weighted by Gasteiger charge is -2.20. The van der Waals surface area contributed by atoms with Crippen LogP contribution in [-0.2, 0) is 4.79 Å². The maximum absolute atomic E-state index is 12.3. The Morgan fingerprint density at radius 2 is 2.35 bits per heavy atom. The van der Waals surface area contributed by atoms with Gasteiger partial charge < -0.3 is 5.32 Å². The quantitative estimate of drug-likeness (QED) is 0.876. The SMILES string of the molecule is CN(C(=O)CN1CCC(CNc2ccccn2)C1)c1nccs1. The van der Waals surface area contributed by atoms with E-state index in [0.29, 0.717) is 12.5 Å². The summed E-state index contributed by atoms with van der Waals surface area (Å²) in [4.78, 5) is 24.6. The molecule has 1 atom stereocenters. The number of anilines is 2. The van der Waals surface area contributed by atoms with Gasteiger partial charge in [-0.15, -0.1) is 11.3 Å². The van der Waals surface area contributed by atoms with Crippen LogP contribution < -0.4 is 10.2 Å². The average molecular weight is 331 g/mol. The number of pyridine rings is 1. The molecule has 1 aliphatic rings. The number of rotatable bonds is 6. The molecule has 2 aromatic rings. The normalized spacial score (nSPS) is 18.0. The largest absolute Gasteiger partial charge is 0.370 e. The first kappa shape index (κ1) is 15.9. The molecule has 0 aromatic carbocycles. The lowest BCUT2D eigenvalue weighted by molar-refractivity contribution is -0.119. The topological polar surface area (TPSA) is 61.4 Å². The second kappa shape index (κ2) is 7.52. The molecule has 7 heteroatoms. The van der Waals surface area contributed by atoms with Crippen LogP contribution in [0, 0.1) is 5.92 Å². The number of amides is 1. The molecule has 1 unspecified atom stereocenters. The number of likely N-dealkylation sites (tertiary alicyclic amines) is 1. The molecule has 0 saturated carbocycles. The summed E-state index contributed by atoms with van der Waals surface area (Å²) in [6.45, 7) is 3.25. The van der Waals surface area contributed by atoms with Crippen molar-refractivity contribution < 1.29 is 4.79 Å². The Kier molecular flexibility index (Phi) is 5.19. The van der Waals surface area contributed by atoms with Crippen LogP contribution in [0.1, 0.15) is 6.42 Å². The van der Waals surface area contributed by atoms with E-state index in [4.69, 9.17) is 0 Å². The minimum absolute atomic E-state index is 0.0956. The van der Waals surface area contributed by atoms with Gasteiger partial charge in [0.25, 0.3) is 0 Å². The molecule has 0 radical (unpaired) electrons. The number of nitrogens with one attached hydrogen (secondary N) is 1. The summed E-state index contributed by atoms with van der Waals surface area (Å²) < 4.78 is 0. The standard InChI is InChI=1S/C16H21N5OS/c1-20(16-18-7-9-23-16)15(22)12-21-8-5-13(11-21)10-19-14-4-2-3-6-17-14/h2-4,6-7,9,13H,5,8,10-12H2,1H3,(H,17,19). The predicted molar refractivity (Wildman–Crippen MR) is 92.8 cm³/mol. The molecule has 122 valence electrons. The molecule has 23 heavy (non-hydrogen) atoms. The van der Waals surface area contributed by atoms with Gasteiger partial charge in [-0.2, -0.15) is 0 Å². The van der Waals surface area contributed by atoms with Crippen LogP contribution in [0.4, 0.5) is 10.9 Å². The zero-order valence-electron chi connectivity index (χ0n) is 13.2. The smallest absolute Gasteiger partial charge is 0.242 e. The summed E-state index contributed by atoms with van der Waals surface area (Å²) >= 11 is 1.48. The molecule has 0 bridgehead atoms. The van der Waals surface area contributed by atoms with Gasteiger partial charge in [0.1, 0.15) is 5.82 Å². The van der Waals surface area contributed by atoms with Gasteiger partial charge in [-0.25, -0.2) is 9.97 Å². The number of carbonyl (C=O) groups is 1. The summed E-state index contributed by atoms with van der Waals surface area (Å²) in [5, 5.41) is 6.00. The van der Waals surface area contributed by atoms with E-state index in [1.807, 2.05) is 23.6 Å². The Bertz CT molecular complexity index is 619. The number of likely N-dealkylation sites (N-methyl/N-ethyl adjacent to an activating group) is 1. The first-order valence-electron chi connectivity index (χ1n) is 7.75. The fourth-order valence-electron chi connectivity index (χ4n) is 2.72. The van der Waals surface area contributed by atoms with Crippen LogP contribution in [0.15, 0.2) is 36.0 Å². The molecular weight excluding hydrogens is 310 g/mol. The number of nitrogens with zero attached hydrogens (tertiary/aromatic N) is 4. The second-order valence-corrected chi connectivity index (χ2v) is 6.63. The Balaban J connectivity index is 1.43. The molecule has 1 saturated heterocycles. The molecular formula is C16H21N5OS. The number of hydrogen-bond donors (Lipinski definition) is 1. The summed E-state index contributed by atoms with van der Waals surface area (Å²) in [5.41, 5.74) is 0. The Labute approximate surface area is 140 Å².